The van der Waals surface area contributed by atoms with Gasteiger partial charge in [0.25, 0.3) is 0 Å². The van der Waals surface area contributed by atoms with Gasteiger partial charge in [-0.1, -0.05) is 0 Å². The molecule has 2 atom stereocenters. The normalized spacial score (nSPS) is 29.0. The van der Waals surface area contributed by atoms with Gasteiger partial charge in [-0.2, -0.15) is 11.8 Å². The Morgan fingerprint density at radius 3 is 2.93 bits per heavy atom. The van der Waals surface area contributed by atoms with Crippen LogP contribution >= 0.6 is 11.8 Å². The Morgan fingerprint density at radius 2 is 2.40 bits per heavy atom. The highest BCUT2D eigenvalue weighted by atomic mass is 32.2. The van der Waals surface area contributed by atoms with Crippen LogP contribution in [-0.2, 0) is 4.74 Å². The van der Waals surface area contributed by atoms with E-state index in [1.807, 2.05) is 11.8 Å². The van der Waals surface area contributed by atoms with E-state index in [0.717, 1.165) is 38.0 Å². The zero-order valence-corrected chi connectivity index (χ0v) is 10.4. The summed E-state index contributed by atoms with van der Waals surface area (Å²) in [6.07, 6.45) is 5.73. The maximum atomic E-state index is 10.2. The van der Waals surface area contributed by atoms with Gasteiger partial charge in [-0.3, -0.25) is 0 Å². The maximum Gasteiger partial charge on any atom is 0.0630 e. The van der Waals surface area contributed by atoms with Crippen LogP contribution in [0.25, 0.3) is 0 Å². The molecule has 1 fully saturated rings. The van der Waals surface area contributed by atoms with Crippen LogP contribution in [0.3, 0.4) is 0 Å². The molecule has 0 amide bonds. The summed E-state index contributed by atoms with van der Waals surface area (Å²) < 4.78 is 5.46. The molecule has 4 heteroatoms. The summed E-state index contributed by atoms with van der Waals surface area (Å²) in [5.74, 6) is 1.11. The van der Waals surface area contributed by atoms with Crippen molar-refractivity contribution in [2.75, 3.05) is 31.8 Å². The van der Waals surface area contributed by atoms with Crippen molar-refractivity contribution in [2.24, 2.45) is 11.1 Å². The smallest absolute Gasteiger partial charge is 0.0630 e. The Bertz CT molecular complexity index is 172. The van der Waals surface area contributed by atoms with E-state index in [0.29, 0.717) is 13.2 Å². The van der Waals surface area contributed by atoms with E-state index in [9.17, 15) is 5.11 Å². The summed E-state index contributed by atoms with van der Waals surface area (Å²) in [7, 11) is 0. The van der Waals surface area contributed by atoms with E-state index in [-0.39, 0.29) is 11.5 Å². The van der Waals surface area contributed by atoms with Crippen LogP contribution in [0, 0.1) is 5.41 Å². The highest BCUT2D eigenvalue weighted by Gasteiger charge is 2.38. The molecule has 0 spiro atoms. The SMILES string of the molecule is CSCCCC(O)C1(CN)CCCOC1. The van der Waals surface area contributed by atoms with Gasteiger partial charge in [0.15, 0.2) is 0 Å². The number of thioether (sulfide) groups is 1. The Labute approximate surface area is 96.8 Å². The van der Waals surface area contributed by atoms with Gasteiger partial charge in [-0.25, -0.2) is 0 Å². The van der Waals surface area contributed by atoms with Crippen molar-refractivity contribution in [3.63, 3.8) is 0 Å². The Hall–Kier alpha value is 0.230. The Morgan fingerprint density at radius 1 is 1.60 bits per heavy atom. The molecule has 15 heavy (non-hydrogen) atoms. The molecule has 1 rings (SSSR count). The van der Waals surface area contributed by atoms with E-state index in [4.69, 9.17) is 10.5 Å². The van der Waals surface area contributed by atoms with E-state index >= 15 is 0 Å². The molecule has 3 nitrogen and oxygen atoms in total. The molecule has 0 aromatic heterocycles. The summed E-state index contributed by atoms with van der Waals surface area (Å²) in [6.45, 7) is 1.98. The second kappa shape index (κ2) is 6.74. The van der Waals surface area contributed by atoms with E-state index in [1.54, 1.807) is 0 Å². The molecule has 1 aliphatic rings. The molecule has 2 unspecified atom stereocenters. The van der Waals surface area contributed by atoms with Crippen LogP contribution in [0.5, 0.6) is 0 Å². The van der Waals surface area contributed by atoms with Gasteiger partial charge >= 0.3 is 0 Å². The van der Waals surface area contributed by atoms with Gasteiger partial charge in [-0.15, -0.1) is 0 Å². The quantitative estimate of drug-likeness (QED) is 0.678. The van der Waals surface area contributed by atoms with Gasteiger partial charge in [-0.05, 0) is 37.7 Å². The van der Waals surface area contributed by atoms with Crippen LogP contribution in [0.2, 0.25) is 0 Å². The monoisotopic (exact) mass is 233 g/mol. The minimum absolute atomic E-state index is 0.170. The van der Waals surface area contributed by atoms with Crippen molar-refractivity contribution in [3.05, 3.63) is 0 Å². The molecule has 0 aromatic rings. The molecule has 1 heterocycles. The predicted molar refractivity (Wildman–Crippen MR) is 65.2 cm³/mol. The van der Waals surface area contributed by atoms with Crippen molar-refractivity contribution >= 4 is 11.8 Å². The van der Waals surface area contributed by atoms with Crippen LogP contribution in [0.1, 0.15) is 25.7 Å². The third-order valence-electron chi connectivity index (χ3n) is 3.29. The fourth-order valence-corrected chi connectivity index (χ4v) is 2.62. The van der Waals surface area contributed by atoms with Gasteiger partial charge in [0.1, 0.15) is 0 Å². The number of hydrogen-bond acceptors (Lipinski definition) is 4. The van der Waals surface area contributed by atoms with E-state index in [2.05, 4.69) is 6.26 Å². The number of rotatable bonds is 6. The van der Waals surface area contributed by atoms with Crippen molar-refractivity contribution in [1.29, 1.82) is 0 Å². The summed E-state index contributed by atoms with van der Waals surface area (Å²) in [5, 5.41) is 10.2. The summed E-state index contributed by atoms with van der Waals surface area (Å²) in [4.78, 5) is 0. The molecule has 3 N–H and O–H groups in total. The Balaban J connectivity index is 2.40. The standard InChI is InChI=1S/C11H23NO2S/c1-15-7-2-4-10(13)11(8-12)5-3-6-14-9-11/h10,13H,2-9,12H2,1H3. The van der Waals surface area contributed by atoms with E-state index < -0.39 is 0 Å². The first-order chi connectivity index (χ1) is 7.25. The summed E-state index contributed by atoms with van der Waals surface area (Å²) in [6, 6.07) is 0. The van der Waals surface area contributed by atoms with E-state index in [1.165, 1.54) is 0 Å². The molecule has 90 valence electrons. The first-order valence-electron chi connectivity index (χ1n) is 5.70. The first-order valence-corrected chi connectivity index (χ1v) is 7.09. The fourth-order valence-electron chi connectivity index (χ4n) is 2.16. The third kappa shape index (κ3) is 3.63. The number of ether oxygens (including phenoxy) is 1. The van der Waals surface area contributed by atoms with Gasteiger partial charge in [0, 0.05) is 18.6 Å². The topological polar surface area (TPSA) is 55.5 Å². The van der Waals surface area contributed by atoms with Gasteiger partial charge in [0.05, 0.1) is 12.7 Å². The lowest BCUT2D eigenvalue weighted by molar-refractivity contribution is -0.0788. The molecular weight excluding hydrogens is 210 g/mol. The maximum absolute atomic E-state index is 10.2. The van der Waals surface area contributed by atoms with Crippen LogP contribution in [-0.4, -0.2) is 43.0 Å². The molecule has 0 saturated carbocycles. The highest BCUT2D eigenvalue weighted by molar-refractivity contribution is 7.98. The molecule has 0 aliphatic carbocycles. The van der Waals surface area contributed by atoms with Crippen molar-refractivity contribution in [1.82, 2.24) is 0 Å². The summed E-state index contributed by atoms with van der Waals surface area (Å²) >= 11 is 1.82. The molecule has 1 aliphatic heterocycles. The van der Waals surface area contributed by atoms with Crippen LogP contribution in [0.4, 0.5) is 0 Å². The highest BCUT2D eigenvalue weighted by Crippen LogP contribution is 2.33. The molecular formula is C11H23NO2S. The average molecular weight is 233 g/mol. The largest absolute Gasteiger partial charge is 0.392 e. The lowest BCUT2D eigenvalue weighted by Gasteiger charge is -2.40. The minimum Gasteiger partial charge on any atom is -0.392 e. The Kier molecular flexibility index (Phi) is 5.97. The lowest BCUT2D eigenvalue weighted by atomic mass is 9.76. The molecule has 0 radical (unpaired) electrons. The fraction of sp³-hybridized carbons (Fsp3) is 1.00. The van der Waals surface area contributed by atoms with Crippen LogP contribution in [0.15, 0.2) is 0 Å². The average Bonchev–Trinajstić information content (AvgIpc) is 2.30. The van der Waals surface area contributed by atoms with Gasteiger partial charge in [0.2, 0.25) is 0 Å². The number of aliphatic hydroxyl groups excluding tert-OH is 1. The predicted octanol–water partition coefficient (Wildman–Crippen LogP) is 1.25. The zero-order chi connectivity index (χ0) is 11.1. The van der Waals surface area contributed by atoms with Crippen molar-refractivity contribution < 1.29 is 9.84 Å². The second-order valence-electron chi connectivity index (χ2n) is 4.37. The zero-order valence-electron chi connectivity index (χ0n) is 9.58. The second-order valence-corrected chi connectivity index (χ2v) is 5.36. The number of aliphatic hydroxyl groups is 1. The number of nitrogens with two attached hydrogens (primary N) is 1. The molecule has 1 saturated heterocycles. The minimum atomic E-state index is -0.296. The summed E-state index contributed by atoms with van der Waals surface area (Å²) in [5.41, 5.74) is 5.63. The molecule has 0 bridgehead atoms. The van der Waals surface area contributed by atoms with Crippen molar-refractivity contribution in [2.45, 2.75) is 31.8 Å². The first kappa shape index (κ1) is 13.3. The van der Waals surface area contributed by atoms with Crippen LogP contribution < -0.4 is 5.73 Å². The van der Waals surface area contributed by atoms with Gasteiger partial charge < -0.3 is 15.6 Å². The number of hydrogen-bond donors (Lipinski definition) is 2. The molecule has 0 aromatic carbocycles. The lowest BCUT2D eigenvalue weighted by Crippen LogP contribution is -2.47. The van der Waals surface area contributed by atoms with Crippen molar-refractivity contribution in [3.8, 4) is 0 Å². The third-order valence-corrected chi connectivity index (χ3v) is 3.99.